The zero-order valence-corrected chi connectivity index (χ0v) is 14.8. The molecular weight excluding hydrogens is 340 g/mol. The lowest BCUT2D eigenvalue weighted by Crippen LogP contribution is -3.00. The molecule has 0 aliphatic heterocycles. The van der Waals surface area contributed by atoms with Crippen molar-refractivity contribution in [1.82, 2.24) is 9.78 Å². The highest BCUT2D eigenvalue weighted by Crippen LogP contribution is 2.30. The van der Waals surface area contributed by atoms with Gasteiger partial charge in [-0.3, -0.25) is 0 Å². The summed E-state index contributed by atoms with van der Waals surface area (Å²) in [5.74, 6) is 1.13. The SMILES string of the molecule is COc1ccccc1N=Nc1cnn(Cc2cc[n+](C)cc2)c1N.[Cl-]. The van der Waals surface area contributed by atoms with E-state index in [4.69, 9.17) is 10.5 Å². The van der Waals surface area contributed by atoms with E-state index < -0.39 is 0 Å². The van der Waals surface area contributed by atoms with Gasteiger partial charge in [0.05, 0.1) is 19.9 Å². The molecule has 0 aliphatic rings. The maximum Gasteiger partial charge on any atom is 0.168 e. The minimum atomic E-state index is 0. The van der Waals surface area contributed by atoms with E-state index in [1.807, 2.05) is 60.4 Å². The number of anilines is 1. The lowest BCUT2D eigenvalue weighted by molar-refractivity contribution is -0.671. The molecule has 2 N–H and O–H groups in total. The first kappa shape index (κ1) is 18.4. The molecule has 0 radical (unpaired) electrons. The van der Waals surface area contributed by atoms with E-state index in [1.54, 1.807) is 18.0 Å². The molecule has 0 unspecified atom stereocenters. The number of nitrogens with two attached hydrogens (primary N) is 1. The molecule has 25 heavy (non-hydrogen) atoms. The Morgan fingerprint density at radius 1 is 1.12 bits per heavy atom. The molecule has 2 aromatic heterocycles. The smallest absolute Gasteiger partial charge is 0.168 e. The Balaban J connectivity index is 0.00000225. The van der Waals surface area contributed by atoms with Gasteiger partial charge in [0.25, 0.3) is 0 Å². The van der Waals surface area contributed by atoms with E-state index in [0.29, 0.717) is 29.5 Å². The van der Waals surface area contributed by atoms with Gasteiger partial charge in [0, 0.05) is 12.1 Å². The number of aromatic nitrogens is 3. The van der Waals surface area contributed by atoms with Crippen LogP contribution in [-0.4, -0.2) is 16.9 Å². The van der Waals surface area contributed by atoms with E-state index in [0.717, 1.165) is 5.56 Å². The zero-order valence-electron chi connectivity index (χ0n) is 14.0. The number of methoxy groups -OCH3 is 1. The van der Waals surface area contributed by atoms with Gasteiger partial charge in [-0.05, 0) is 17.7 Å². The summed E-state index contributed by atoms with van der Waals surface area (Å²) < 4.78 is 8.93. The normalized spacial score (nSPS) is 10.6. The minimum absolute atomic E-state index is 0. The number of hydrogen-bond acceptors (Lipinski definition) is 5. The highest BCUT2D eigenvalue weighted by Gasteiger charge is 2.08. The van der Waals surface area contributed by atoms with Crippen molar-refractivity contribution in [2.24, 2.45) is 17.3 Å². The largest absolute Gasteiger partial charge is 1.00 e. The average molecular weight is 359 g/mol. The maximum absolute atomic E-state index is 6.13. The molecule has 2 heterocycles. The van der Waals surface area contributed by atoms with Crippen LogP contribution in [0.25, 0.3) is 0 Å². The van der Waals surface area contributed by atoms with E-state index in [2.05, 4.69) is 15.3 Å². The van der Waals surface area contributed by atoms with Crippen LogP contribution < -0.4 is 27.4 Å². The monoisotopic (exact) mass is 358 g/mol. The van der Waals surface area contributed by atoms with Crippen molar-refractivity contribution in [3.8, 4) is 5.75 Å². The number of benzene rings is 1. The third kappa shape index (κ3) is 4.33. The van der Waals surface area contributed by atoms with Crippen molar-refractivity contribution in [1.29, 1.82) is 0 Å². The molecule has 8 heteroatoms. The first-order valence-corrected chi connectivity index (χ1v) is 7.47. The summed E-state index contributed by atoms with van der Waals surface area (Å²) in [4.78, 5) is 0. The lowest BCUT2D eigenvalue weighted by Gasteiger charge is -2.03. The molecule has 130 valence electrons. The Kier molecular flexibility index (Phi) is 6.08. The molecule has 7 nitrogen and oxygen atoms in total. The van der Waals surface area contributed by atoms with Crippen LogP contribution in [0.3, 0.4) is 0 Å². The predicted molar refractivity (Wildman–Crippen MR) is 90.5 cm³/mol. The van der Waals surface area contributed by atoms with Gasteiger partial charge in [0.2, 0.25) is 0 Å². The van der Waals surface area contributed by atoms with E-state index >= 15 is 0 Å². The van der Waals surface area contributed by atoms with E-state index in [1.165, 1.54) is 0 Å². The number of azo groups is 1. The number of halogens is 1. The van der Waals surface area contributed by atoms with E-state index in [-0.39, 0.29) is 12.4 Å². The highest BCUT2D eigenvalue weighted by molar-refractivity contribution is 5.57. The van der Waals surface area contributed by atoms with Crippen molar-refractivity contribution in [2.75, 3.05) is 12.8 Å². The number of nitrogen functional groups attached to an aromatic ring is 1. The lowest BCUT2D eigenvalue weighted by atomic mass is 10.3. The standard InChI is InChI=1S/C17H19N6O.ClH/c1-22-9-7-13(8-10-22)12-23-17(18)15(11-19-23)21-20-14-5-3-4-6-16(14)24-2;/h3-11H,12,18H2,1-2H3;1H/q+1;/p-1. The summed E-state index contributed by atoms with van der Waals surface area (Å²) in [6.07, 6.45) is 5.58. The molecule has 1 aromatic carbocycles. The zero-order chi connectivity index (χ0) is 16.9. The summed E-state index contributed by atoms with van der Waals surface area (Å²) in [5, 5.41) is 12.7. The number of aryl methyl sites for hydroxylation is 1. The van der Waals surface area contributed by atoms with Crippen molar-refractivity contribution < 1.29 is 21.7 Å². The summed E-state index contributed by atoms with van der Waals surface area (Å²) in [7, 11) is 3.57. The molecule has 0 aliphatic carbocycles. The minimum Gasteiger partial charge on any atom is -1.00 e. The van der Waals surface area contributed by atoms with E-state index in [9.17, 15) is 0 Å². The molecular formula is C17H19ClN6O. The molecule has 0 amide bonds. The fourth-order valence-electron chi connectivity index (χ4n) is 2.22. The van der Waals surface area contributed by atoms with Crippen LogP contribution in [0, 0.1) is 0 Å². The highest BCUT2D eigenvalue weighted by atomic mass is 35.5. The van der Waals surface area contributed by atoms with Gasteiger partial charge < -0.3 is 22.9 Å². The Labute approximate surface area is 152 Å². The second kappa shape index (κ2) is 8.25. The van der Waals surface area contributed by atoms with Crippen molar-refractivity contribution in [3.05, 3.63) is 60.6 Å². The Bertz CT molecular complexity index is 860. The molecule has 0 atom stereocenters. The Hall–Kier alpha value is -2.93. The first-order chi connectivity index (χ1) is 11.7. The Morgan fingerprint density at radius 3 is 2.52 bits per heavy atom. The summed E-state index contributed by atoms with van der Waals surface area (Å²) in [6, 6.07) is 11.5. The molecule has 0 spiro atoms. The molecule has 0 fully saturated rings. The number of rotatable bonds is 5. The second-order valence-electron chi connectivity index (χ2n) is 5.32. The summed E-state index contributed by atoms with van der Waals surface area (Å²) >= 11 is 0. The summed E-state index contributed by atoms with van der Waals surface area (Å²) in [5.41, 5.74) is 8.40. The number of nitrogens with zero attached hydrogens (tertiary/aromatic N) is 5. The number of pyridine rings is 1. The molecule has 0 saturated carbocycles. The van der Waals surface area contributed by atoms with Gasteiger partial charge in [-0.1, -0.05) is 12.1 Å². The van der Waals surface area contributed by atoms with Crippen LogP contribution in [0.2, 0.25) is 0 Å². The van der Waals surface area contributed by atoms with Crippen LogP contribution in [-0.2, 0) is 13.6 Å². The van der Waals surface area contributed by atoms with Crippen LogP contribution in [0.4, 0.5) is 17.2 Å². The van der Waals surface area contributed by atoms with Gasteiger partial charge >= 0.3 is 0 Å². The van der Waals surface area contributed by atoms with Gasteiger partial charge in [-0.2, -0.15) is 5.10 Å². The first-order valence-electron chi connectivity index (χ1n) is 7.47. The number of para-hydroxylation sites is 1. The average Bonchev–Trinajstić information content (AvgIpc) is 2.95. The van der Waals surface area contributed by atoms with Crippen LogP contribution >= 0.6 is 0 Å². The molecule has 0 saturated heterocycles. The third-order valence-corrected chi connectivity index (χ3v) is 3.59. The molecule has 3 rings (SSSR count). The quantitative estimate of drug-likeness (QED) is 0.505. The fraction of sp³-hybridized carbons (Fsp3) is 0.176. The van der Waals surface area contributed by atoms with Gasteiger partial charge in [-0.25, -0.2) is 9.25 Å². The molecule has 0 bridgehead atoms. The van der Waals surface area contributed by atoms with Crippen molar-refractivity contribution >= 4 is 17.2 Å². The van der Waals surface area contributed by atoms with Gasteiger partial charge in [-0.15, -0.1) is 10.2 Å². The van der Waals surface area contributed by atoms with Crippen molar-refractivity contribution in [3.63, 3.8) is 0 Å². The number of hydrogen-bond donors (Lipinski definition) is 1. The predicted octanol–water partition coefficient (Wildman–Crippen LogP) is -0.234. The Morgan fingerprint density at radius 2 is 1.80 bits per heavy atom. The topological polar surface area (TPSA) is 81.7 Å². The van der Waals surface area contributed by atoms with Crippen LogP contribution in [0.5, 0.6) is 5.75 Å². The van der Waals surface area contributed by atoms with Crippen LogP contribution in [0.1, 0.15) is 5.56 Å². The third-order valence-electron chi connectivity index (χ3n) is 3.59. The van der Waals surface area contributed by atoms with Gasteiger partial charge in [0.15, 0.2) is 12.4 Å². The number of ether oxygens (including phenoxy) is 1. The van der Waals surface area contributed by atoms with Gasteiger partial charge in [0.1, 0.15) is 30.0 Å². The van der Waals surface area contributed by atoms with Crippen LogP contribution in [0.15, 0.2) is 65.2 Å². The molecule has 3 aromatic rings. The summed E-state index contributed by atoms with van der Waals surface area (Å²) in [6.45, 7) is 0.580. The second-order valence-corrected chi connectivity index (χ2v) is 5.32. The fourth-order valence-corrected chi connectivity index (χ4v) is 2.22. The maximum atomic E-state index is 6.13. The van der Waals surface area contributed by atoms with Crippen molar-refractivity contribution in [2.45, 2.75) is 6.54 Å².